The molecule has 2 aromatic rings. The van der Waals surface area contributed by atoms with Crippen LogP contribution in [0.4, 0.5) is 0 Å². The van der Waals surface area contributed by atoms with E-state index in [0.29, 0.717) is 0 Å². The van der Waals surface area contributed by atoms with Crippen molar-refractivity contribution in [3.05, 3.63) is 44.8 Å². The summed E-state index contributed by atoms with van der Waals surface area (Å²) in [7, 11) is 2.31. The van der Waals surface area contributed by atoms with Gasteiger partial charge in [-0.05, 0) is 68.0 Å². The fourth-order valence-electron chi connectivity index (χ4n) is 4.53. The number of fused-ring (bicyclic) bond motifs is 2. The molecule has 0 aromatic carbocycles. The molecule has 0 amide bonds. The molecular weight excluding hydrogens is 308 g/mol. The Kier molecular flexibility index (Phi) is 3.89. The van der Waals surface area contributed by atoms with Crippen LogP contribution in [-0.4, -0.2) is 24.0 Å². The molecule has 2 nitrogen and oxygen atoms in total. The lowest BCUT2D eigenvalue weighted by atomic mass is 9.79. The predicted octanol–water partition coefficient (Wildman–Crippen LogP) is 4.27. The van der Waals surface area contributed by atoms with Gasteiger partial charge in [0.25, 0.3) is 0 Å². The zero-order chi connectivity index (χ0) is 15.2. The maximum Gasteiger partial charge on any atom is 0.0855 e. The van der Waals surface area contributed by atoms with E-state index >= 15 is 0 Å². The van der Waals surface area contributed by atoms with Gasteiger partial charge in [0.15, 0.2) is 0 Å². The van der Waals surface area contributed by atoms with E-state index in [4.69, 9.17) is 5.73 Å². The molecule has 2 unspecified atom stereocenters. The molecule has 2 N–H and O–H groups in total. The Balaban J connectivity index is 1.60. The van der Waals surface area contributed by atoms with Gasteiger partial charge in [-0.1, -0.05) is 12.1 Å². The molecule has 22 heavy (non-hydrogen) atoms. The summed E-state index contributed by atoms with van der Waals surface area (Å²) in [5.41, 5.74) is 6.72. The molecule has 2 saturated heterocycles. The highest BCUT2D eigenvalue weighted by molar-refractivity contribution is 7.11. The van der Waals surface area contributed by atoms with Crippen LogP contribution in [0.3, 0.4) is 0 Å². The molecule has 2 aliphatic rings. The highest BCUT2D eigenvalue weighted by Crippen LogP contribution is 2.45. The minimum absolute atomic E-state index is 0.289. The highest BCUT2D eigenvalue weighted by Gasteiger charge is 2.42. The quantitative estimate of drug-likeness (QED) is 0.906. The summed E-state index contributed by atoms with van der Waals surface area (Å²) in [6.07, 6.45) is 6.50. The number of rotatable bonds is 4. The standard InChI is InChI=1S/C18H24N2S2/c1-20-14-6-7-15(20)11-13(10-14)12-18(19,16-4-2-8-21-16)17-5-3-9-22-17/h2-5,8-9,13-15H,6-7,10-12,19H2,1H3. The van der Waals surface area contributed by atoms with Crippen LogP contribution < -0.4 is 5.73 Å². The monoisotopic (exact) mass is 332 g/mol. The van der Waals surface area contributed by atoms with Crippen molar-refractivity contribution in [1.29, 1.82) is 0 Å². The minimum atomic E-state index is -0.289. The normalized spacial score (nSPS) is 29.1. The molecule has 2 aliphatic heterocycles. The first-order valence-corrected chi connectivity index (χ1v) is 10.0. The second-order valence-electron chi connectivity index (χ2n) is 7.02. The van der Waals surface area contributed by atoms with Gasteiger partial charge in [-0.15, -0.1) is 22.7 Å². The molecular formula is C18H24N2S2. The maximum atomic E-state index is 7.01. The van der Waals surface area contributed by atoms with Gasteiger partial charge in [0.1, 0.15) is 0 Å². The molecule has 0 saturated carbocycles. The first kappa shape index (κ1) is 14.9. The molecule has 2 fully saturated rings. The summed E-state index contributed by atoms with van der Waals surface area (Å²) in [5, 5.41) is 4.31. The van der Waals surface area contributed by atoms with Gasteiger partial charge in [-0.3, -0.25) is 0 Å². The second kappa shape index (κ2) is 5.75. The van der Waals surface area contributed by atoms with Crippen molar-refractivity contribution in [1.82, 2.24) is 4.90 Å². The van der Waals surface area contributed by atoms with Crippen LogP contribution in [0.1, 0.15) is 41.9 Å². The lowest BCUT2D eigenvalue weighted by molar-refractivity contribution is 0.120. The van der Waals surface area contributed by atoms with Crippen LogP contribution in [0.5, 0.6) is 0 Å². The first-order chi connectivity index (χ1) is 10.7. The van der Waals surface area contributed by atoms with Crippen LogP contribution >= 0.6 is 22.7 Å². The molecule has 4 heteroatoms. The van der Waals surface area contributed by atoms with E-state index in [9.17, 15) is 0 Å². The fraction of sp³-hybridized carbons (Fsp3) is 0.556. The molecule has 4 heterocycles. The third kappa shape index (κ3) is 2.46. The van der Waals surface area contributed by atoms with Gasteiger partial charge in [-0.25, -0.2) is 0 Å². The summed E-state index contributed by atoms with van der Waals surface area (Å²) in [5.74, 6) is 0.753. The smallest absolute Gasteiger partial charge is 0.0855 e. The summed E-state index contributed by atoms with van der Waals surface area (Å²) in [4.78, 5) is 5.26. The molecule has 2 atom stereocenters. The van der Waals surface area contributed by atoms with Gasteiger partial charge < -0.3 is 10.6 Å². The number of piperidine rings is 1. The van der Waals surface area contributed by atoms with Crippen molar-refractivity contribution in [2.75, 3.05) is 7.05 Å². The van der Waals surface area contributed by atoms with E-state index in [0.717, 1.165) is 24.4 Å². The minimum Gasteiger partial charge on any atom is -0.316 e. The third-order valence-electron chi connectivity index (χ3n) is 5.73. The van der Waals surface area contributed by atoms with Crippen molar-refractivity contribution in [3.63, 3.8) is 0 Å². The van der Waals surface area contributed by atoms with Crippen LogP contribution in [0.25, 0.3) is 0 Å². The van der Waals surface area contributed by atoms with E-state index in [2.05, 4.69) is 47.0 Å². The van der Waals surface area contributed by atoms with Gasteiger partial charge in [-0.2, -0.15) is 0 Å². The number of hydrogen-bond donors (Lipinski definition) is 1. The van der Waals surface area contributed by atoms with Crippen LogP contribution in [0, 0.1) is 5.92 Å². The van der Waals surface area contributed by atoms with Crippen LogP contribution in [0.15, 0.2) is 35.0 Å². The van der Waals surface area contributed by atoms with E-state index in [1.54, 1.807) is 22.7 Å². The van der Waals surface area contributed by atoms with Gasteiger partial charge in [0, 0.05) is 21.8 Å². The summed E-state index contributed by atoms with van der Waals surface area (Å²) < 4.78 is 0. The first-order valence-electron chi connectivity index (χ1n) is 8.25. The van der Waals surface area contributed by atoms with Crippen molar-refractivity contribution in [2.24, 2.45) is 11.7 Å². The lowest BCUT2D eigenvalue weighted by Crippen LogP contribution is -2.44. The molecule has 0 aliphatic carbocycles. The Morgan fingerprint density at radius 1 is 1.09 bits per heavy atom. The van der Waals surface area contributed by atoms with E-state index < -0.39 is 0 Å². The van der Waals surface area contributed by atoms with Crippen molar-refractivity contribution >= 4 is 22.7 Å². The third-order valence-corrected chi connectivity index (χ3v) is 7.82. The van der Waals surface area contributed by atoms with E-state index in [1.807, 2.05) is 0 Å². The molecule has 2 aromatic heterocycles. The Hall–Kier alpha value is -0.680. The van der Waals surface area contributed by atoms with E-state index in [-0.39, 0.29) is 5.54 Å². The van der Waals surface area contributed by atoms with Crippen molar-refractivity contribution in [2.45, 2.75) is 49.7 Å². The summed E-state index contributed by atoms with van der Waals surface area (Å²) in [6, 6.07) is 10.3. The van der Waals surface area contributed by atoms with Crippen LogP contribution in [-0.2, 0) is 5.54 Å². The van der Waals surface area contributed by atoms with Gasteiger partial charge in [0.05, 0.1) is 5.54 Å². The maximum absolute atomic E-state index is 7.01. The topological polar surface area (TPSA) is 29.3 Å². The Morgan fingerprint density at radius 3 is 2.09 bits per heavy atom. The summed E-state index contributed by atoms with van der Waals surface area (Å²) >= 11 is 3.61. The van der Waals surface area contributed by atoms with Gasteiger partial charge in [0.2, 0.25) is 0 Å². The Bertz CT molecular complexity index is 557. The molecule has 118 valence electrons. The predicted molar refractivity (Wildman–Crippen MR) is 95.5 cm³/mol. The Morgan fingerprint density at radius 2 is 1.64 bits per heavy atom. The second-order valence-corrected chi connectivity index (χ2v) is 8.91. The number of nitrogens with two attached hydrogens (primary N) is 1. The number of nitrogens with zero attached hydrogens (tertiary/aromatic N) is 1. The SMILES string of the molecule is CN1C2CCC1CC(CC(N)(c1cccs1)c1cccs1)C2. The number of thiophene rings is 2. The van der Waals surface area contributed by atoms with Crippen molar-refractivity contribution < 1.29 is 0 Å². The highest BCUT2D eigenvalue weighted by atomic mass is 32.1. The zero-order valence-corrected chi connectivity index (χ0v) is 14.7. The lowest BCUT2D eigenvalue weighted by Gasteiger charge is -2.40. The molecule has 2 bridgehead atoms. The van der Waals surface area contributed by atoms with E-state index in [1.165, 1.54) is 35.4 Å². The average molecular weight is 333 g/mol. The van der Waals surface area contributed by atoms with Crippen molar-refractivity contribution in [3.8, 4) is 0 Å². The molecule has 0 spiro atoms. The van der Waals surface area contributed by atoms with Crippen LogP contribution in [0.2, 0.25) is 0 Å². The molecule has 0 radical (unpaired) electrons. The largest absolute Gasteiger partial charge is 0.316 e. The van der Waals surface area contributed by atoms with Gasteiger partial charge >= 0.3 is 0 Å². The Labute approximate surface area is 141 Å². The fourth-order valence-corrected chi connectivity index (χ4v) is 6.33. The summed E-state index contributed by atoms with van der Waals surface area (Å²) in [6.45, 7) is 0. The average Bonchev–Trinajstić information content (AvgIpc) is 3.22. The number of hydrogen-bond acceptors (Lipinski definition) is 4. The molecule has 4 rings (SSSR count). The zero-order valence-electron chi connectivity index (χ0n) is 13.1.